The number of carbonyl (C=O) groups excluding carboxylic acids is 2. The molecule has 6 heteroatoms. The number of hydrogen-bond acceptors (Lipinski definition) is 4. The Hall–Kier alpha value is -3.31. The summed E-state index contributed by atoms with van der Waals surface area (Å²) in [6, 6.07) is 21.8. The minimum Gasteiger partial charge on any atom is -0.467 e. The Labute approximate surface area is 191 Å². The molecule has 0 radical (unpaired) electrons. The zero-order valence-electron chi connectivity index (χ0n) is 17.6. The number of alkyl carbamates (subject to hydrolysis) is 1. The van der Waals surface area contributed by atoms with Crippen LogP contribution in [0, 0.1) is 0 Å². The van der Waals surface area contributed by atoms with Gasteiger partial charge in [-0.15, -0.1) is 0 Å². The number of amides is 1. The van der Waals surface area contributed by atoms with Gasteiger partial charge in [-0.1, -0.05) is 72.3 Å². The Kier molecular flexibility index (Phi) is 5.14. The molecule has 0 spiro atoms. The summed E-state index contributed by atoms with van der Waals surface area (Å²) < 4.78 is 10.7. The molecule has 0 heterocycles. The van der Waals surface area contributed by atoms with Crippen LogP contribution in [0.15, 0.2) is 66.7 Å². The van der Waals surface area contributed by atoms with Gasteiger partial charge in [-0.2, -0.15) is 0 Å². The fourth-order valence-electron chi connectivity index (χ4n) is 4.97. The van der Waals surface area contributed by atoms with Gasteiger partial charge < -0.3 is 14.8 Å². The van der Waals surface area contributed by atoms with E-state index in [4.69, 9.17) is 21.1 Å². The molecule has 0 aliphatic heterocycles. The third-order valence-electron chi connectivity index (χ3n) is 6.45. The lowest BCUT2D eigenvalue weighted by Crippen LogP contribution is -2.56. The summed E-state index contributed by atoms with van der Waals surface area (Å²) in [5.74, 6) is -0.573. The number of hydrogen-bond donors (Lipinski definition) is 1. The highest BCUT2D eigenvalue weighted by atomic mass is 35.5. The van der Waals surface area contributed by atoms with Crippen LogP contribution in [-0.4, -0.2) is 31.3 Å². The average molecular weight is 448 g/mol. The van der Waals surface area contributed by atoms with E-state index in [1.54, 1.807) is 6.07 Å². The molecule has 0 fully saturated rings. The Morgan fingerprint density at radius 2 is 1.62 bits per heavy atom. The van der Waals surface area contributed by atoms with Gasteiger partial charge in [0.05, 0.1) is 7.11 Å². The van der Waals surface area contributed by atoms with Gasteiger partial charge in [0.1, 0.15) is 12.1 Å². The fraction of sp³-hybridized carbons (Fsp3) is 0.231. The maximum Gasteiger partial charge on any atom is 0.408 e. The third kappa shape index (κ3) is 3.33. The molecule has 162 valence electrons. The number of esters is 1. The first kappa shape index (κ1) is 20.6. The number of methoxy groups -OCH3 is 1. The molecule has 3 aromatic rings. The molecule has 2 aliphatic rings. The van der Waals surface area contributed by atoms with Crippen LogP contribution in [0.5, 0.6) is 0 Å². The molecule has 1 N–H and O–H groups in total. The molecule has 0 saturated carbocycles. The number of nitrogens with one attached hydrogen (secondary N) is 1. The molecular weight excluding hydrogens is 426 g/mol. The first-order valence-corrected chi connectivity index (χ1v) is 10.9. The summed E-state index contributed by atoms with van der Waals surface area (Å²) >= 11 is 6.33. The Bertz CT molecular complexity index is 1180. The molecule has 1 unspecified atom stereocenters. The largest absolute Gasteiger partial charge is 0.467 e. The van der Waals surface area contributed by atoms with Gasteiger partial charge in [0.25, 0.3) is 0 Å². The Morgan fingerprint density at radius 3 is 2.25 bits per heavy atom. The summed E-state index contributed by atoms with van der Waals surface area (Å²) in [5.41, 5.74) is 5.10. The van der Waals surface area contributed by atoms with E-state index in [1.165, 1.54) is 7.11 Å². The predicted octanol–water partition coefficient (Wildman–Crippen LogP) is 4.89. The summed E-state index contributed by atoms with van der Waals surface area (Å²) in [6.45, 7) is 0.171. The van der Waals surface area contributed by atoms with Crippen LogP contribution in [0.1, 0.15) is 28.2 Å². The smallest absolute Gasteiger partial charge is 0.408 e. The lowest BCUT2D eigenvalue weighted by Gasteiger charge is -2.27. The van der Waals surface area contributed by atoms with Crippen LogP contribution in [0.4, 0.5) is 4.79 Å². The predicted molar refractivity (Wildman–Crippen MR) is 122 cm³/mol. The zero-order valence-corrected chi connectivity index (χ0v) is 18.3. The van der Waals surface area contributed by atoms with E-state index in [9.17, 15) is 9.59 Å². The van der Waals surface area contributed by atoms with Crippen molar-refractivity contribution >= 4 is 23.7 Å². The van der Waals surface area contributed by atoms with Crippen molar-refractivity contribution < 1.29 is 19.1 Å². The van der Waals surface area contributed by atoms with Gasteiger partial charge in [0, 0.05) is 23.8 Å². The van der Waals surface area contributed by atoms with Gasteiger partial charge in [-0.05, 0) is 39.4 Å². The van der Waals surface area contributed by atoms with Crippen molar-refractivity contribution in [2.75, 3.05) is 13.7 Å². The van der Waals surface area contributed by atoms with E-state index >= 15 is 0 Å². The van der Waals surface area contributed by atoms with Crippen molar-refractivity contribution in [3.63, 3.8) is 0 Å². The topological polar surface area (TPSA) is 64.6 Å². The van der Waals surface area contributed by atoms with Crippen molar-refractivity contribution in [1.82, 2.24) is 5.32 Å². The highest BCUT2D eigenvalue weighted by Crippen LogP contribution is 2.44. The summed E-state index contributed by atoms with van der Waals surface area (Å²) in [7, 11) is 1.31. The van der Waals surface area contributed by atoms with Crippen LogP contribution >= 0.6 is 11.6 Å². The first-order valence-electron chi connectivity index (χ1n) is 10.5. The van der Waals surface area contributed by atoms with Crippen molar-refractivity contribution in [2.45, 2.75) is 24.3 Å². The standard InChI is InChI=1S/C26H22ClNO4/c1-31-24(29)26(13-16-7-6-12-23(27)21(16)14-26)28-25(30)32-15-22-19-10-4-2-8-17(19)18-9-3-5-11-20(18)22/h2-12,22H,13-15H2,1H3,(H,28,30). The van der Waals surface area contributed by atoms with Crippen molar-refractivity contribution in [3.05, 3.63) is 94.0 Å². The zero-order chi connectivity index (χ0) is 22.3. The highest BCUT2D eigenvalue weighted by Gasteiger charge is 2.47. The summed E-state index contributed by atoms with van der Waals surface area (Å²) in [5, 5.41) is 3.37. The maximum atomic E-state index is 12.9. The van der Waals surface area contributed by atoms with Crippen LogP contribution in [0.3, 0.4) is 0 Å². The second kappa shape index (κ2) is 7.99. The first-order chi connectivity index (χ1) is 15.5. The molecule has 2 aliphatic carbocycles. The van der Waals surface area contributed by atoms with Crippen molar-refractivity contribution in [1.29, 1.82) is 0 Å². The van der Waals surface area contributed by atoms with Crippen molar-refractivity contribution in [3.8, 4) is 11.1 Å². The molecular formula is C26H22ClNO4. The molecule has 0 bridgehead atoms. The molecule has 5 rings (SSSR count). The lowest BCUT2D eigenvalue weighted by molar-refractivity contribution is -0.148. The lowest BCUT2D eigenvalue weighted by atomic mass is 9.96. The monoisotopic (exact) mass is 447 g/mol. The SMILES string of the molecule is COC(=O)C1(NC(=O)OCC2c3ccccc3-c3ccccc32)Cc2cccc(Cl)c2C1. The molecule has 5 nitrogen and oxygen atoms in total. The highest BCUT2D eigenvalue weighted by molar-refractivity contribution is 6.31. The van der Waals surface area contributed by atoms with Crippen molar-refractivity contribution in [2.24, 2.45) is 0 Å². The number of ether oxygens (including phenoxy) is 2. The third-order valence-corrected chi connectivity index (χ3v) is 6.80. The quantitative estimate of drug-likeness (QED) is 0.578. The molecule has 0 aromatic heterocycles. The van der Waals surface area contributed by atoms with E-state index in [-0.39, 0.29) is 18.9 Å². The van der Waals surface area contributed by atoms with Gasteiger partial charge in [0.15, 0.2) is 0 Å². The van der Waals surface area contributed by atoms with Crippen LogP contribution < -0.4 is 5.32 Å². The second-order valence-corrected chi connectivity index (χ2v) is 8.66. The normalized spacial score (nSPS) is 18.4. The maximum absolute atomic E-state index is 12.9. The van der Waals surface area contributed by atoms with Gasteiger partial charge in [0.2, 0.25) is 0 Å². The average Bonchev–Trinajstić information content (AvgIpc) is 3.34. The molecule has 1 atom stereocenters. The second-order valence-electron chi connectivity index (χ2n) is 8.26. The number of rotatable bonds is 4. The van der Waals surface area contributed by atoms with Gasteiger partial charge >= 0.3 is 12.1 Å². The fourth-order valence-corrected chi connectivity index (χ4v) is 5.23. The van der Waals surface area contributed by atoms with E-state index in [0.717, 1.165) is 33.4 Å². The van der Waals surface area contributed by atoms with E-state index in [2.05, 4.69) is 29.6 Å². The van der Waals surface area contributed by atoms with E-state index in [0.29, 0.717) is 11.4 Å². The molecule has 1 amide bonds. The Morgan fingerprint density at radius 1 is 0.969 bits per heavy atom. The van der Waals surface area contributed by atoms with Crippen LogP contribution in [0.2, 0.25) is 5.02 Å². The number of fused-ring (bicyclic) bond motifs is 4. The minimum atomic E-state index is -1.23. The summed E-state index contributed by atoms with van der Waals surface area (Å²) in [6.07, 6.45) is -0.0836. The molecule has 32 heavy (non-hydrogen) atoms. The van der Waals surface area contributed by atoms with E-state index in [1.807, 2.05) is 36.4 Å². The summed E-state index contributed by atoms with van der Waals surface area (Å²) in [4.78, 5) is 25.6. The Balaban J connectivity index is 1.35. The van der Waals surface area contributed by atoms with Gasteiger partial charge in [-0.25, -0.2) is 9.59 Å². The number of benzene rings is 3. The number of halogens is 1. The molecule has 3 aromatic carbocycles. The molecule has 0 saturated heterocycles. The minimum absolute atomic E-state index is 0.0579. The number of carbonyl (C=O) groups is 2. The van der Waals surface area contributed by atoms with Crippen LogP contribution in [-0.2, 0) is 27.1 Å². The van der Waals surface area contributed by atoms with E-state index < -0.39 is 17.6 Å². The van der Waals surface area contributed by atoms with Crippen LogP contribution in [0.25, 0.3) is 11.1 Å². The van der Waals surface area contributed by atoms with Gasteiger partial charge in [-0.3, -0.25) is 0 Å².